The van der Waals surface area contributed by atoms with E-state index in [2.05, 4.69) is 17.2 Å². The van der Waals surface area contributed by atoms with Gasteiger partial charge in [-0.05, 0) is 67.8 Å². The van der Waals surface area contributed by atoms with Crippen molar-refractivity contribution in [2.75, 3.05) is 0 Å². The molecule has 174 valence electrons. The predicted molar refractivity (Wildman–Crippen MR) is 107 cm³/mol. The first kappa shape index (κ1) is 22.7. The summed E-state index contributed by atoms with van der Waals surface area (Å²) in [5.74, 6) is 0.353. The van der Waals surface area contributed by atoms with Crippen LogP contribution in [0.15, 0.2) is 23.5 Å². The van der Waals surface area contributed by atoms with Gasteiger partial charge in [-0.25, -0.2) is 0 Å². The van der Waals surface area contributed by atoms with Crippen LogP contribution < -0.4 is 0 Å². The minimum atomic E-state index is -5.67. The van der Waals surface area contributed by atoms with Gasteiger partial charge in [0.1, 0.15) is 11.9 Å². The summed E-state index contributed by atoms with van der Waals surface area (Å²) in [4.78, 5) is 11.4. The first-order chi connectivity index (χ1) is 14.3. The fourth-order valence-electron chi connectivity index (χ4n) is 6.79. The van der Waals surface area contributed by atoms with Gasteiger partial charge in [-0.2, -0.15) is 21.6 Å². The molecule has 0 N–H and O–H groups in total. The van der Waals surface area contributed by atoms with E-state index in [0.717, 1.165) is 32.1 Å². The molecule has 0 aliphatic heterocycles. The maximum absolute atomic E-state index is 12.9. The lowest BCUT2D eigenvalue weighted by Crippen LogP contribution is -2.50. The molecule has 31 heavy (non-hydrogen) atoms. The van der Waals surface area contributed by atoms with E-state index in [4.69, 9.17) is 4.74 Å². The van der Waals surface area contributed by atoms with Crippen molar-refractivity contribution in [1.29, 1.82) is 0 Å². The Labute approximate surface area is 181 Å². The summed E-state index contributed by atoms with van der Waals surface area (Å²) in [5.41, 5.74) is -4.86. The minimum Gasteiger partial charge on any atom is -0.462 e. The molecule has 0 heterocycles. The lowest BCUT2D eigenvalue weighted by Gasteiger charge is -2.57. The van der Waals surface area contributed by atoms with Gasteiger partial charge in [-0.15, -0.1) is 0 Å². The van der Waals surface area contributed by atoms with Crippen molar-refractivity contribution in [3.8, 4) is 0 Å². The molecule has 2 unspecified atom stereocenters. The summed E-state index contributed by atoms with van der Waals surface area (Å²) in [6.45, 7) is 5.53. The van der Waals surface area contributed by atoms with Crippen molar-refractivity contribution in [2.45, 2.75) is 77.3 Å². The molecule has 0 bridgehead atoms. The zero-order valence-corrected chi connectivity index (χ0v) is 18.8. The van der Waals surface area contributed by atoms with Crippen molar-refractivity contribution in [3.05, 3.63) is 23.5 Å². The molecular weight excluding hydrogens is 433 g/mol. The van der Waals surface area contributed by atoms with E-state index >= 15 is 0 Å². The molecule has 0 aromatic heterocycles. The van der Waals surface area contributed by atoms with Crippen LogP contribution in [0.1, 0.15) is 65.7 Å². The largest absolute Gasteiger partial charge is 0.534 e. The highest BCUT2D eigenvalue weighted by Crippen LogP contribution is 2.65. The van der Waals surface area contributed by atoms with Crippen LogP contribution in [0, 0.1) is 28.6 Å². The number of fused-ring (bicyclic) bond motifs is 5. The molecule has 0 aromatic carbocycles. The van der Waals surface area contributed by atoms with Gasteiger partial charge >= 0.3 is 21.6 Å². The molecule has 0 aromatic rings. The van der Waals surface area contributed by atoms with Crippen molar-refractivity contribution >= 4 is 16.1 Å². The Bertz CT molecular complexity index is 937. The predicted octanol–water partition coefficient (Wildman–Crippen LogP) is 5.24. The Kier molecular flexibility index (Phi) is 5.30. The highest BCUT2D eigenvalue weighted by atomic mass is 32.2. The molecule has 0 radical (unpaired) electrons. The number of carbonyl (C=O) groups excluding carboxylic acids is 1. The zero-order chi connectivity index (χ0) is 22.8. The van der Waals surface area contributed by atoms with Crippen LogP contribution >= 0.6 is 0 Å². The van der Waals surface area contributed by atoms with Gasteiger partial charge in [0.05, 0.1) is 0 Å². The third-order valence-electron chi connectivity index (χ3n) is 8.38. The number of esters is 1. The Hall–Kier alpha value is -1.51. The number of rotatable bonds is 3. The lowest BCUT2D eigenvalue weighted by atomic mass is 9.48. The summed E-state index contributed by atoms with van der Waals surface area (Å²) in [7, 11) is -5.67. The second-order valence-electron chi connectivity index (χ2n) is 9.98. The molecular formula is C22H29F3O5S. The number of alkyl halides is 3. The first-order valence-electron chi connectivity index (χ1n) is 10.9. The number of carbonyl (C=O) groups is 1. The zero-order valence-electron chi connectivity index (χ0n) is 18.0. The normalized spacial score (nSPS) is 40.1. The minimum absolute atomic E-state index is 0.0252. The molecule has 0 amide bonds. The average Bonchev–Trinajstić information content (AvgIpc) is 2.96. The molecule has 6 atom stereocenters. The van der Waals surface area contributed by atoms with Gasteiger partial charge in [0.15, 0.2) is 0 Å². The van der Waals surface area contributed by atoms with Crippen LogP contribution in [0.3, 0.4) is 0 Å². The van der Waals surface area contributed by atoms with Crippen LogP contribution in [0.2, 0.25) is 0 Å². The first-order valence-corrected chi connectivity index (χ1v) is 12.3. The molecule has 2 fully saturated rings. The lowest BCUT2D eigenvalue weighted by molar-refractivity contribution is -0.148. The molecule has 4 aliphatic rings. The van der Waals surface area contributed by atoms with E-state index in [1.807, 2.05) is 6.92 Å². The second-order valence-corrected chi connectivity index (χ2v) is 11.5. The third-order valence-corrected chi connectivity index (χ3v) is 9.35. The fraction of sp³-hybridized carbons (Fsp3) is 0.773. The standard InChI is InChI=1S/C22H29F3O5S/c1-13(26)29-15-8-10-20(2)14(12-15)4-5-16-17-6-7-19(21(17,3)11-9-18(16)20)30-31(27,28)22(23,24)25/h4,7,15-18H,5-6,8-12H2,1-3H3/t15?,16-,17+,18?,20-,21-/m0/s1. The Morgan fingerprint density at radius 3 is 2.39 bits per heavy atom. The van der Waals surface area contributed by atoms with E-state index in [0.29, 0.717) is 18.8 Å². The van der Waals surface area contributed by atoms with Gasteiger partial charge in [0.2, 0.25) is 0 Å². The monoisotopic (exact) mass is 462 g/mol. The van der Waals surface area contributed by atoms with E-state index < -0.39 is 21.0 Å². The van der Waals surface area contributed by atoms with E-state index in [9.17, 15) is 26.4 Å². The molecule has 0 saturated heterocycles. The van der Waals surface area contributed by atoms with Crippen molar-refractivity contribution < 1.29 is 35.3 Å². The van der Waals surface area contributed by atoms with E-state index in [1.54, 1.807) is 6.08 Å². The summed E-state index contributed by atoms with van der Waals surface area (Å²) in [6.07, 6.45) is 8.84. The molecule has 9 heteroatoms. The number of halogens is 3. The topological polar surface area (TPSA) is 69.7 Å². The van der Waals surface area contributed by atoms with Crippen molar-refractivity contribution in [1.82, 2.24) is 0 Å². The summed E-state index contributed by atoms with van der Waals surface area (Å²) in [6, 6.07) is 0. The number of hydrogen-bond donors (Lipinski definition) is 0. The van der Waals surface area contributed by atoms with Crippen molar-refractivity contribution in [2.24, 2.45) is 28.6 Å². The summed E-state index contributed by atoms with van der Waals surface area (Å²) in [5, 5.41) is 0. The Balaban J connectivity index is 1.55. The van der Waals surface area contributed by atoms with Gasteiger partial charge < -0.3 is 8.92 Å². The van der Waals surface area contributed by atoms with Crippen LogP contribution in [0.25, 0.3) is 0 Å². The summed E-state index contributed by atoms with van der Waals surface area (Å²) >= 11 is 0. The number of hydrogen-bond acceptors (Lipinski definition) is 5. The average molecular weight is 463 g/mol. The smallest absolute Gasteiger partial charge is 0.462 e. The maximum atomic E-state index is 12.9. The SMILES string of the molecule is CC(=O)OC1CC[C@@]2(C)C(=CC[C@@H]3C2CC[C@]2(C)C(OS(=O)(=O)C(F)(F)F)=CC[C@H]32)C1. The maximum Gasteiger partial charge on any atom is 0.534 e. The van der Waals surface area contributed by atoms with Crippen LogP contribution in [-0.2, 0) is 23.8 Å². The molecule has 4 aliphatic carbocycles. The van der Waals surface area contributed by atoms with Crippen molar-refractivity contribution in [3.63, 3.8) is 0 Å². The van der Waals surface area contributed by atoms with Gasteiger partial charge in [0.25, 0.3) is 0 Å². The van der Waals surface area contributed by atoms with Crippen LogP contribution in [0.4, 0.5) is 13.2 Å². The van der Waals surface area contributed by atoms with Gasteiger partial charge in [0, 0.05) is 18.8 Å². The van der Waals surface area contributed by atoms with E-state index in [1.165, 1.54) is 12.5 Å². The number of allylic oxidation sites excluding steroid dienone is 3. The quantitative estimate of drug-likeness (QED) is 0.248. The molecule has 2 saturated carbocycles. The highest BCUT2D eigenvalue weighted by Gasteiger charge is 2.59. The number of ether oxygens (including phenoxy) is 1. The summed E-state index contributed by atoms with van der Waals surface area (Å²) < 4.78 is 71.9. The Morgan fingerprint density at radius 1 is 1.06 bits per heavy atom. The molecule has 5 nitrogen and oxygen atoms in total. The fourth-order valence-corrected chi connectivity index (χ4v) is 7.37. The van der Waals surface area contributed by atoms with Crippen LogP contribution in [-0.4, -0.2) is 26.0 Å². The molecule has 0 spiro atoms. The molecule has 4 rings (SSSR count). The van der Waals surface area contributed by atoms with Gasteiger partial charge in [-0.1, -0.05) is 25.5 Å². The highest BCUT2D eigenvalue weighted by molar-refractivity contribution is 7.87. The Morgan fingerprint density at radius 2 is 1.74 bits per heavy atom. The van der Waals surface area contributed by atoms with E-state index in [-0.39, 0.29) is 35.1 Å². The van der Waals surface area contributed by atoms with Crippen LogP contribution in [0.5, 0.6) is 0 Å². The third kappa shape index (κ3) is 3.60. The van der Waals surface area contributed by atoms with Gasteiger partial charge in [-0.3, -0.25) is 4.79 Å². The second kappa shape index (κ2) is 7.25.